The highest BCUT2D eigenvalue weighted by Crippen LogP contribution is 2.27. The zero-order valence-electron chi connectivity index (χ0n) is 11.1. The number of hydrogen-bond donors (Lipinski definition) is 1. The third-order valence-corrected chi connectivity index (χ3v) is 4.06. The summed E-state index contributed by atoms with van der Waals surface area (Å²) in [7, 11) is 0. The molecule has 106 valence electrons. The summed E-state index contributed by atoms with van der Waals surface area (Å²) in [6.07, 6.45) is 0. The van der Waals surface area contributed by atoms with Crippen LogP contribution in [0.2, 0.25) is 0 Å². The van der Waals surface area contributed by atoms with Gasteiger partial charge in [-0.1, -0.05) is 28.1 Å². The Hall–Kier alpha value is -1.92. The van der Waals surface area contributed by atoms with Crippen LogP contribution in [0, 0.1) is 6.92 Å². The maximum Gasteiger partial charge on any atom is 0.293 e. The lowest BCUT2D eigenvalue weighted by Crippen LogP contribution is -2.10. The van der Waals surface area contributed by atoms with Gasteiger partial charge in [-0.15, -0.1) is 11.3 Å². The van der Waals surface area contributed by atoms with Gasteiger partial charge in [0.15, 0.2) is 10.9 Å². The van der Waals surface area contributed by atoms with E-state index in [4.69, 9.17) is 4.42 Å². The predicted molar refractivity (Wildman–Crippen MR) is 86.6 cm³/mol. The average molecular weight is 363 g/mol. The van der Waals surface area contributed by atoms with Crippen LogP contribution in [0.25, 0.3) is 11.3 Å². The highest BCUT2D eigenvalue weighted by atomic mass is 79.9. The van der Waals surface area contributed by atoms with E-state index in [-0.39, 0.29) is 11.7 Å². The summed E-state index contributed by atoms with van der Waals surface area (Å²) in [4.78, 5) is 16.4. The van der Waals surface area contributed by atoms with Crippen LogP contribution >= 0.6 is 27.3 Å². The molecule has 2 heterocycles. The van der Waals surface area contributed by atoms with Crippen LogP contribution < -0.4 is 5.32 Å². The molecule has 1 N–H and O–H groups in total. The molecule has 0 aliphatic rings. The number of halogens is 1. The summed E-state index contributed by atoms with van der Waals surface area (Å²) in [6.45, 7) is 1.80. The molecule has 0 saturated carbocycles. The molecule has 0 radical (unpaired) electrons. The number of anilines is 1. The number of hydrogen-bond acceptors (Lipinski definition) is 4. The number of amides is 1. The van der Waals surface area contributed by atoms with Crippen LogP contribution in [0.1, 0.15) is 16.3 Å². The molecule has 0 atom stereocenters. The summed E-state index contributed by atoms with van der Waals surface area (Å²) in [5.41, 5.74) is 1.82. The van der Waals surface area contributed by atoms with E-state index in [0.29, 0.717) is 10.9 Å². The zero-order chi connectivity index (χ0) is 14.8. The molecule has 21 heavy (non-hydrogen) atoms. The number of furan rings is 1. The fourth-order valence-corrected chi connectivity index (χ4v) is 2.94. The van der Waals surface area contributed by atoms with Gasteiger partial charge in [0.1, 0.15) is 5.76 Å². The van der Waals surface area contributed by atoms with Gasteiger partial charge in [0.2, 0.25) is 0 Å². The second kappa shape index (κ2) is 5.83. The number of nitrogens with one attached hydrogen (secondary N) is 1. The Morgan fingerprint density at radius 1 is 1.33 bits per heavy atom. The van der Waals surface area contributed by atoms with Gasteiger partial charge >= 0.3 is 0 Å². The number of thiazole rings is 1. The number of nitrogens with zero attached hydrogens (tertiary/aromatic N) is 1. The van der Waals surface area contributed by atoms with Crippen LogP contribution in [-0.4, -0.2) is 10.9 Å². The van der Waals surface area contributed by atoms with E-state index < -0.39 is 0 Å². The molecule has 3 rings (SSSR count). The fraction of sp³-hybridized carbons (Fsp3) is 0.0667. The summed E-state index contributed by atoms with van der Waals surface area (Å²) >= 11 is 4.81. The highest BCUT2D eigenvalue weighted by Gasteiger charge is 2.13. The van der Waals surface area contributed by atoms with Gasteiger partial charge in [0.25, 0.3) is 5.91 Å². The van der Waals surface area contributed by atoms with Gasteiger partial charge in [0, 0.05) is 15.4 Å². The molecule has 2 aromatic heterocycles. The van der Waals surface area contributed by atoms with Gasteiger partial charge in [-0.25, -0.2) is 4.98 Å². The van der Waals surface area contributed by atoms with Crippen molar-refractivity contribution in [2.24, 2.45) is 0 Å². The summed E-state index contributed by atoms with van der Waals surface area (Å²) < 4.78 is 6.27. The van der Waals surface area contributed by atoms with Crippen molar-refractivity contribution in [1.29, 1.82) is 0 Å². The minimum absolute atomic E-state index is 0.284. The van der Waals surface area contributed by atoms with Crippen LogP contribution in [-0.2, 0) is 0 Å². The zero-order valence-corrected chi connectivity index (χ0v) is 13.5. The first kappa shape index (κ1) is 14.0. The Morgan fingerprint density at radius 2 is 2.19 bits per heavy atom. The Balaban J connectivity index is 1.78. The normalized spacial score (nSPS) is 10.6. The molecule has 6 heteroatoms. The molecule has 0 fully saturated rings. The predicted octanol–water partition coefficient (Wildman–Crippen LogP) is 4.73. The van der Waals surface area contributed by atoms with Gasteiger partial charge in [0.05, 0.1) is 5.69 Å². The second-order valence-corrected chi connectivity index (χ2v) is 6.19. The first-order chi connectivity index (χ1) is 10.1. The van der Waals surface area contributed by atoms with Crippen LogP contribution in [0.3, 0.4) is 0 Å². The molecule has 0 unspecified atom stereocenters. The van der Waals surface area contributed by atoms with E-state index >= 15 is 0 Å². The standard InChI is InChI=1S/C15H11BrN2O2S/c1-9-5-6-13(20-9)14(19)18-15-17-12(8-21-15)10-3-2-4-11(16)7-10/h2-8H,1H3,(H,17,18,19). The van der Waals surface area contributed by atoms with E-state index in [1.165, 1.54) is 11.3 Å². The van der Waals surface area contributed by atoms with Crippen molar-refractivity contribution >= 4 is 38.3 Å². The summed E-state index contributed by atoms with van der Waals surface area (Å²) in [5, 5.41) is 5.19. The van der Waals surface area contributed by atoms with E-state index in [0.717, 1.165) is 15.7 Å². The van der Waals surface area contributed by atoms with Crippen LogP contribution in [0.5, 0.6) is 0 Å². The molecule has 0 saturated heterocycles. The molecule has 0 aliphatic carbocycles. The van der Waals surface area contributed by atoms with Gasteiger partial charge in [-0.2, -0.15) is 0 Å². The topological polar surface area (TPSA) is 55.1 Å². The summed E-state index contributed by atoms with van der Waals surface area (Å²) in [5.74, 6) is 0.694. The van der Waals surface area contributed by atoms with Gasteiger partial charge in [-0.3, -0.25) is 10.1 Å². The minimum atomic E-state index is -0.293. The number of rotatable bonds is 3. The molecular formula is C15H11BrN2O2S. The van der Waals surface area contributed by atoms with Crippen molar-refractivity contribution in [1.82, 2.24) is 4.98 Å². The van der Waals surface area contributed by atoms with E-state index in [1.54, 1.807) is 19.1 Å². The Morgan fingerprint density at radius 3 is 2.90 bits per heavy atom. The number of carbonyl (C=O) groups excluding carboxylic acids is 1. The molecule has 1 aromatic carbocycles. The minimum Gasteiger partial charge on any atom is -0.456 e. The smallest absolute Gasteiger partial charge is 0.293 e. The average Bonchev–Trinajstić information content (AvgIpc) is 3.08. The van der Waals surface area contributed by atoms with Crippen molar-refractivity contribution < 1.29 is 9.21 Å². The molecule has 0 spiro atoms. The monoisotopic (exact) mass is 362 g/mol. The maximum absolute atomic E-state index is 12.0. The SMILES string of the molecule is Cc1ccc(C(=O)Nc2nc(-c3cccc(Br)c3)cs2)o1. The van der Waals surface area contributed by atoms with Crippen molar-refractivity contribution in [3.05, 3.63) is 57.8 Å². The number of aryl methyl sites for hydroxylation is 1. The number of aromatic nitrogens is 1. The number of carbonyl (C=O) groups is 1. The van der Waals surface area contributed by atoms with E-state index in [2.05, 4.69) is 26.2 Å². The Bertz CT molecular complexity index is 794. The van der Waals surface area contributed by atoms with Crippen molar-refractivity contribution in [3.8, 4) is 11.3 Å². The number of benzene rings is 1. The summed E-state index contributed by atoms with van der Waals surface area (Å²) in [6, 6.07) is 11.3. The lowest BCUT2D eigenvalue weighted by molar-refractivity contribution is 0.0995. The lowest BCUT2D eigenvalue weighted by Gasteiger charge is -1.99. The van der Waals surface area contributed by atoms with E-state index in [1.807, 2.05) is 29.6 Å². The second-order valence-electron chi connectivity index (χ2n) is 4.41. The van der Waals surface area contributed by atoms with Crippen molar-refractivity contribution in [2.75, 3.05) is 5.32 Å². The van der Waals surface area contributed by atoms with Crippen molar-refractivity contribution in [3.63, 3.8) is 0 Å². The first-order valence-electron chi connectivity index (χ1n) is 6.21. The van der Waals surface area contributed by atoms with Crippen LogP contribution in [0.15, 0.2) is 50.7 Å². The van der Waals surface area contributed by atoms with Gasteiger partial charge < -0.3 is 4.42 Å². The van der Waals surface area contributed by atoms with E-state index in [9.17, 15) is 4.79 Å². The highest BCUT2D eigenvalue weighted by molar-refractivity contribution is 9.10. The fourth-order valence-electron chi connectivity index (χ4n) is 1.83. The molecule has 1 amide bonds. The Kier molecular flexibility index (Phi) is 3.90. The van der Waals surface area contributed by atoms with Crippen LogP contribution in [0.4, 0.5) is 5.13 Å². The van der Waals surface area contributed by atoms with Crippen molar-refractivity contribution in [2.45, 2.75) is 6.92 Å². The molecular weight excluding hydrogens is 352 g/mol. The molecule has 3 aromatic rings. The third-order valence-electron chi connectivity index (χ3n) is 2.81. The Labute approximate surface area is 134 Å². The maximum atomic E-state index is 12.0. The molecule has 4 nitrogen and oxygen atoms in total. The first-order valence-corrected chi connectivity index (χ1v) is 7.88. The molecule has 0 aliphatic heterocycles. The quantitative estimate of drug-likeness (QED) is 0.732. The third kappa shape index (κ3) is 3.22. The molecule has 0 bridgehead atoms. The lowest BCUT2D eigenvalue weighted by atomic mass is 10.2. The largest absolute Gasteiger partial charge is 0.456 e. The van der Waals surface area contributed by atoms with Gasteiger partial charge in [-0.05, 0) is 31.2 Å².